The Morgan fingerprint density at radius 3 is 2.60 bits per heavy atom. The van der Waals surface area contributed by atoms with E-state index in [4.69, 9.17) is 22.8 Å². The van der Waals surface area contributed by atoms with Crippen molar-refractivity contribution in [1.29, 1.82) is 0 Å². The molecule has 0 saturated carbocycles. The summed E-state index contributed by atoms with van der Waals surface area (Å²) in [6, 6.07) is 9.46. The lowest BCUT2D eigenvalue weighted by atomic mass is 10.1. The van der Waals surface area contributed by atoms with Crippen LogP contribution in [0.2, 0.25) is 0 Å². The summed E-state index contributed by atoms with van der Waals surface area (Å²) in [7, 11) is 0. The maximum Gasteiger partial charge on any atom is 0.143 e. The van der Waals surface area contributed by atoms with E-state index in [9.17, 15) is 5.11 Å². The minimum Gasteiger partial charge on any atom is -0.389 e. The molecular weight excluding hydrogens is 212 g/mol. The van der Waals surface area contributed by atoms with Gasteiger partial charge in [-0.15, -0.1) is 18.0 Å². The fourth-order valence-corrected chi connectivity index (χ4v) is 1.21. The average Bonchev–Trinajstić information content (AvgIpc) is 2.31. The Morgan fingerprint density at radius 1 is 1.40 bits per heavy atom. The van der Waals surface area contributed by atoms with Crippen LogP contribution in [0.15, 0.2) is 30.3 Å². The van der Waals surface area contributed by atoms with Crippen LogP contribution in [0.1, 0.15) is 11.7 Å². The van der Waals surface area contributed by atoms with E-state index in [-0.39, 0.29) is 12.5 Å². The molecule has 1 N–H and O–H groups in total. The highest BCUT2D eigenvalue weighted by Gasteiger charge is 2.10. The first-order chi connectivity index (χ1) is 7.27. The van der Waals surface area contributed by atoms with Crippen LogP contribution in [-0.4, -0.2) is 23.7 Å². The smallest absolute Gasteiger partial charge is 0.143 e. The Bertz CT molecular complexity index is 318. The third-order valence-corrected chi connectivity index (χ3v) is 2.24. The van der Waals surface area contributed by atoms with Crippen LogP contribution in [-0.2, 0) is 4.74 Å². The fraction of sp³-hybridized carbons (Fsp3) is 0.333. The number of alkyl halides is 1. The standard InChI is InChI=1S/C12H13ClO2/c1-2-12(15-9-11(14)8-13)10-6-4-3-5-7-10/h1,3-7,11-12,14H,8-9H2. The van der Waals surface area contributed by atoms with Crippen molar-refractivity contribution >= 4 is 11.6 Å². The van der Waals surface area contributed by atoms with E-state index in [2.05, 4.69) is 5.92 Å². The first-order valence-corrected chi connectivity index (χ1v) is 5.18. The predicted octanol–water partition coefficient (Wildman–Crippen LogP) is 1.98. The van der Waals surface area contributed by atoms with E-state index in [0.717, 1.165) is 5.56 Å². The Hall–Kier alpha value is -1.01. The molecule has 0 aromatic heterocycles. The van der Waals surface area contributed by atoms with Gasteiger partial charge < -0.3 is 9.84 Å². The van der Waals surface area contributed by atoms with Crippen LogP contribution in [0.25, 0.3) is 0 Å². The monoisotopic (exact) mass is 224 g/mol. The molecule has 2 nitrogen and oxygen atoms in total. The second-order valence-corrected chi connectivity index (χ2v) is 3.41. The van der Waals surface area contributed by atoms with Crippen molar-refractivity contribution in [3.05, 3.63) is 35.9 Å². The molecule has 80 valence electrons. The van der Waals surface area contributed by atoms with Crippen LogP contribution < -0.4 is 0 Å². The van der Waals surface area contributed by atoms with Gasteiger partial charge in [0.1, 0.15) is 6.10 Å². The zero-order chi connectivity index (χ0) is 11.1. The lowest BCUT2D eigenvalue weighted by Crippen LogP contribution is -2.18. The molecule has 0 spiro atoms. The summed E-state index contributed by atoms with van der Waals surface area (Å²) in [5, 5.41) is 9.22. The lowest BCUT2D eigenvalue weighted by Gasteiger charge is -2.14. The Morgan fingerprint density at radius 2 is 2.07 bits per heavy atom. The van der Waals surface area contributed by atoms with Gasteiger partial charge >= 0.3 is 0 Å². The molecule has 0 fully saturated rings. The maximum atomic E-state index is 9.22. The molecule has 0 aliphatic carbocycles. The van der Waals surface area contributed by atoms with E-state index in [1.54, 1.807) is 0 Å². The third-order valence-electron chi connectivity index (χ3n) is 1.89. The summed E-state index contributed by atoms with van der Waals surface area (Å²) >= 11 is 5.44. The van der Waals surface area contributed by atoms with Crippen molar-refractivity contribution in [2.24, 2.45) is 0 Å². The molecule has 0 radical (unpaired) electrons. The van der Waals surface area contributed by atoms with Crippen molar-refractivity contribution < 1.29 is 9.84 Å². The average molecular weight is 225 g/mol. The molecule has 3 heteroatoms. The zero-order valence-corrected chi connectivity index (χ0v) is 9.02. The van der Waals surface area contributed by atoms with Gasteiger partial charge in [0.05, 0.1) is 18.6 Å². The quantitative estimate of drug-likeness (QED) is 0.612. The van der Waals surface area contributed by atoms with Gasteiger partial charge in [0, 0.05) is 0 Å². The molecular formula is C12H13ClO2. The first-order valence-electron chi connectivity index (χ1n) is 4.64. The molecule has 0 amide bonds. The van der Waals surface area contributed by atoms with Gasteiger partial charge in [-0.05, 0) is 5.56 Å². The van der Waals surface area contributed by atoms with E-state index < -0.39 is 12.2 Å². The Balaban J connectivity index is 2.55. The van der Waals surface area contributed by atoms with Crippen LogP contribution in [0.3, 0.4) is 0 Å². The van der Waals surface area contributed by atoms with Crippen molar-refractivity contribution in [2.45, 2.75) is 12.2 Å². The molecule has 1 rings (SSSR count). The maximum absolute atomic E-state index is 9.22. The van der Waals surface area contributed by atoms with Crippen LogP contribution in [0.4, 0.5) is 0 Å². The molecule has 0 aliphatic rings. The molecule has 0 heterocycles. The number of rotatable bonds is 5. The van der Waals surface area contributed by atoms with E-state index >= 15 is 0 Å². The van der Waals surface area contributed by atoms with Gasteiger partial charge in [-0.1, -0.05) is 36.3 Å². The zero-order valence-electron chi connectivity index (χ0n) is 8.27. The highest BCUT2D eigenvalue weighted by atomic mass is 35.5. The van der Waals surface area contributed by atoms with Gasteiger partial charge in [0.15, 0.2) is 0 Å². The van der Waals surface area contributed by atoms with E-state index in [0.29, 0.717) is 0 Å². The molecule has 2 atom stereocenters. The number of hydrogen-bond acceptors (Lipinski definition) is 2. The normalized spacial score (nSPS) is 14.2. The van der Waals surface area contributed by atoms with Crippen molar-refractivity contribution in [2.75, 3.05) is 12.5 Å². The van der Waals surface area contributed by atoms with E-state index in [1.165, 1.54) is 0 Å². The minimum absolute atomic E-state index is 0.145. The minimum atomic E-state index is -0.675. The number of aliphatic hydroxyl groups is 1. The predicted molar refractivity (Wildman–Crippen MR) is 60.7 cm³/mol. The molecule has 1 aromatic rings. The van der Waals surface area contributed by atoms with Crippen LogP contribution >= 0.6 is 11.6 Å². The number of hydrogen-bond donors (Lipinski definition) is 1. The topological polar surface area (TPSA) is 29.5 Å². The number of ether oxygens (including phenoxy) is 1. The summed E-state index contributed by atoms with van der Waals surface area (Å²) in [5.41, 5.74) is 0.904. The highest BCUT2D eigenvalue weighted by molar-refractivity contribution is 6.18. The summed E-state index contributed by atoms with van der Waals surface area (Å²) in [4.78, 5) is 0. The first kappa shape index (κ1) is 12.1. The lowest BCUT2D eigenvalue weighted by molar-refractivity contribution is 0.0221. The summed E-state index contributed by atoms with van der Waals surface area (Å²) in [6.07, 6.45) is 4.24. The van der Waals surface area contributed by atoms with Crippen LogP contribution in [0, 0.1) is 12.3 Å². The van der Waals surface area contributed by atoms with Gasteiger partial charge in [-0.3, -0.25) is 0 Å². The van der Waals surface area contributed by atoms with Crippen molar-refractivity contribution in [3.63, 3.8) is 0 Å². The number of terminal acetylenes is 1. The molecule has 2 unspecified atom stereocenters. The number of benzene rings is 1. The van der Waals surface area contributed by atoms with Gasteiger partial charge in [-0.2, -0.15) is 0 Å². The Labute approximate surface area is 94.8 Å². The largest absolute Gasteiger partial charge is 0.389 e. The highest BCUT2D eigenvalue weighted by Crippen LogP contribution is 2.16. The third kappa shape index (κ3) is 3.93. The summed E-state index contributed by atoms with van der Waals surface area (Å²) in [6.45, 7) is 0.146. The fourth-order valence-electron chi connectivity index (χ4n) is 1.12. The molecule has 1 aromatic carbocycles. The van der Waals surface area contributed by atoms with Crippen molar-refractivity contribution in [1.82, 2.24) is 0 Å². The van der Waals surface area contributed by atoms with Gasteiger partial charge in [-0.25, -0.2) is 0 Å². The molecule has 0 saturated heterocycles. The van der Waals surface area contributed by atoms with Crippen molar-refractivity contribution in [3.8, 4) is 12.3 Å². The Kier molecular flexibility index (Phi) is 5.20. The van der Waals surface area contributed by atoms with E-state index in [1.807, 2.05) is 30.3 Å². The molecule has 0 aliphatic heterocycles. The second-order valence-electron chi connectivity index (χ2n) is 3.10. The number of halogens is 1. The number of aliphatic hydroxyl groups excluding tert-OH is 1. The second kappa shape index (κ2) is 6.47. The van der Waals surface area contributed by atoms with Crippen LogP contribution in [0.5, 0.6) is 0 Å². The van der Waals surface area contributed by atoms with Gasteiger partial charge in [0.25, 0.3) is 0 Å². The molecule has 15 heavy (non-hydrogen) atoms. The summed E-state index contributed by atoms with van der Waals surface area (Å²) < 4.78 is 5.36. The van der Waals surface area contributed by atoms with Gasteiger partial charge in [0.2, 0.25) is 0 Å². The molecule has 0 bridgehead atoms. The summed E-state index contributed by atoms with van der Waals surface area (Å²) in [5.74, 6) is 2.67. The SMILES string of the molecule is C#CC(OCC(O)CCl)c1ccccc1.